The van der Waals surface area contributed by atoms with E-state index in [0.29, 0.717) is 6.42 Å². The first-order valence-electron chi connectivity index (χ1n) is 7.07. The van der Waals surface area contributed by atoms with Gasteiger partial charge in [0.15, 0.2) is 17.4 Å². The van der Waals surface area contributed by atoms with Crippen LogP contribution < -0.4 is 11.3 Å². The number of H-pyrrole nitrogens is 1. The summed E-state index contributed by atoms with van der Waals surface area (Å²) in [5.74, 6) is 0.0803. The molecule has 0 saturated carbocycles. The minimum Gasteiger partial charge on any atom is -0.388 e. The van der Waals surface area contributed by atoms with E-state index in [4.69, 9.17) is 22.1 Å². The molecule has 1 fully saturated rings. The Morgan fingerprint density at radius 1 is 1.64 bits per heavy atom. The highest BCUT2D eigenvalue weighted by Crippen LogP contribution is 2.44. The summed E-state index contributed by atoms with van der Waals surface area (Å²) in [6.07, 6.45) is 0.576. The quantitative estimate of drug-likeness (QED) is 0.711. The van der Waals surface area contributed by atoms with Crippen molar-refractivity contribution in [1.29, 1.82) is 0 Å². The molecule has 2 aromatic heterocycles. The van der Waals surface area contributed by atoms with Gasteiger partial charge in [-0.3, -0.25) is 14.3 Å². The van der Waals surface area contributed by atoms with Gasteiger partial charge in [-0.15, -0.1) is 11.6 Å². The highest BCUT2D eigenvalue weighted by atomic mass is 35.5. The van der Waals surface area contributed by atoms with Crippen molar-refractivity contribution in [2.75, 3.05) is 11.6 Å². The molecule has 2 aromatic rings. The predicted molar refractivity (Wildman–Crippen MR) is 81.6 cm³/mol. The molecule has 3 rings (SSSR count). The number of alkyl halides is 1. The number of imidazole rings is 1. The van der Waals surface area contributed by atoms with E-state index in [1.165, 1.54) is 10.9 Å². The third-order valence-electron chi connectivity index (χ3n) is 4.54. The van der Waals surface area contributed by atoms with Crippen LogP contribution in [-0.4, -0.2) is 42.2 Å². The molecule has 0 bridgehead atoms. The van der Waals surface area contributed by atoms with Crippen LogP contribution in [0.3, 0.4) is 0 Å². The van der Waals surface area contributed by atoms with E-state index >= 15 is 0 Å². The molecule has 9 heteroatoms. The number of nitrogens with zero attached hydrogens (tertiary/aromatic N) is 3. The molecule has 1 aliphatic rings. The molecule has 0 spiro atoms. The van der Waals surface area contributed by atoms with Gasteiger partial charge in [-0.25, -0.2) is 4.98 Å². The number of aliphatic hydroxyl groups is 1. The van der Waals surface area contributed by atoms with Crippen LogP contribution >= 0.6 is 11.6 Å². The molecule has 0 aliphatic carbocycles. The minimum absolute atomic E-state index is 0.0149. The van der Waals surface area contributed by atoms with Gasteiger partial charge in [-0.05, 0) is 6.42 Å². The van der Waals surface area contributed by atoms with Crippen molar-refractivity contribution in [2.45, 2.75) is 38.2 Å². The molecule has 0 unspecified atom stereocenters. The molecule has 120 valence electrons. The van der Waals surface area contributed by atoms with Gasteiger partial charge in [0.2, 0.25) is 5.95 Å². The van der Waals surface area contributed by atoms with Crippen LogP contribution in [0.25, 0.3) is 11.2 Å². The lowest BCUT2D eigenvalue weighted by molar-refractivity contribution is -0.0812. The molecule has 22 heavy (non-hydrogen) atoms. The summed E-state index contributed by atoms with van der Waals surface area (Å²) in [5.41, 5.74) is 4.95. The average molecular weight is 328 g/mol. The van der Waals surface area contributed by atoms with Crippen molar-refractivity contribution in [1.82, 2.24) is 19.5 Å². The van der Waals surface area contributed by atoms with Gasteiger partial charge in [0.1, 0.15) is 6.10 Å². The van der Waals surface area contributed by atoms with E-state index in [1.54, 1.807) is 0 Å². The van der Waals surface area contributed by atoms with Gasteiger partial charge in [-0.2, -0.15) is 4.98 Å². The van der Waals surface area contributed by atoms with Crippen LogP contribution in [0.2, 0.25) is 0 Å². The largest absolute Gasteiger partial charge is 0.388 e. The molecule has 4 atom stereocenters. The zero-order chi connectivity index (χ0) is 16.1. The third kappa shape index (κ3) is 2.02. The molecule has 0 amide bonds. The second-order valence-electron chi connectivity index (χ2n) is 5.61. The normalized spacial score (nSPS) is 31.9. The van der Waals surface area contributed by atoms with Gasteiger partial charge in [-0.1, -0.05) is 13.8 Å². The highest BCUT2D eigenvalue weighted by Gasteiger charge is 2.51. The van der Waals surface area contributed by atoms with Gasteiger partial charge in [0.25, 0.3) is 5.56 Å². The van der Waals surface area contributed by atoms with Gasteiger partial charge in [0.05, 0.1) is 17.8 Å². The van der Waals surface area contributed by atoms with Crippen molar-refractivity contribution >= 4 is 28.7 Å². The van der Waals surface area contributed by atoms with Crippen LogP contribution in [0.4, 0.5) is 5.95 Å². The van der Waals surface area contributed by atoms with Crippen LogP contribution in [0, 0.1) is 5.92 Å². The maximum absolute atomic E-state index is 11.8. The summed E-state index contributed by atoms with van der Waals surface area (Å²) >= 11 is 6.07. The summed E-state index contributed by atoms with van der Waals surface area (Å²) in [6, 6.07) is 0. The van der Waals surface area contributed by atoms with Gasteiger partial charge < -0.3 is 15.6 Å². The van der Waals surface area contributed by atoms with Crippen LogP contribution in [-0.2, 0) is 4.74 Å². The Kier molecular flexibility index (Phi) is 3.62. The second-order valence-corrected chi connectivity index (χ2v) is 5.88. The number of hydrogen-bond acceptors (Lipinski definition) is 6. The van der Waals surface area contributed by atoms with Crippen LogP contribution in [0.5, 0.6) is 0 Å². The molecule has 3 heterocycles. The summed E-state index contributed by atoms with van der Waals surface area (Å²) < 4.78 is 7.59. The Morgan fingerprint density at radius 2 is 2.36 bits per heavy atom. The number of aromatic amines is 1. The van der Waals surface area contributed by atoms with E-state index in [1.807, 2.05) is 13.8 Å². The molecule has 8 nitrogen and oxygen atoms in total. The maximum Gasteiger partial charge on any atom is 0.280 e. The van der Waals surface area contributed by atoms with Crippen LogP contribution in [0.15, 0.2) is 11.1 Å². The number of nitrogen functional groups attached to an aromatic ring is 1. The first kappa shape index (κ1) is 15.3. The van der Waals surface area contributed by atoms with E-state index in [0.717, 1.165) is 0 Å². The minimum atomic E-state index is -0.793. The number of nitrogens with one attached hydrogen (secondary N) is 1. The number of aromatic nitrogens is 4. The fourth-order valence-corrected chi connectivity index (χ4v) is 3.47. The van der Waals surface area contributed by atoms with E-state index in [2.05, 4.69) is 15.0 Å². The second kappa shape index (κ2) is 5.22. The number of nitrogens with two attached hydrogens (primary N) is 1. The van der Waals surface area contributed by atoms with Crippen LogP contribution in [0.1, 0.15) is 26.5 Å². The molecule has 0 radical (unpaired) electrons. The van der Waals surface area contributed by atoms with Gasteiger partial charge in [0, 0.05) is 5.92 Å². The zero-order valence-corrected chi connectivity index (χ0v) is 13.0. The summed E-state index contributed by atoms with van der Waals surface area (Å²) in [6.45, 7) is 3.85. The zero-order valence-electron chi connectivity index (χ0n) is 12.3. The lowest BCUT2D eigenvalue weighted by atomic mass is 9.86. The predicted octanol–water partition coefficient (Wildman–Crippen LogP) is 0.615. The Balaban J connectivity index is 2.11. The maximum atomic E-state index is 11.8. The Bertz CT molecular complexity index is 754. The Morgan fingerprint density at radius 3 is 2.95 bits per heavy atom. The van der Waals surface area contributed by atoms with Crippen molar-refractivity contribution in [2.24, 2.45) is 5.92 Å². The number of halogens is 1. The summed E-state index contributed by atoms with van der Waals surface area (Å²) in [7, 11) is 0. The van der Waals surface area contributed by atoms with Gasteiger partial charge >= 0.3 is 0 Å². The molecule has 1 aliphatic heterocycles. The third-order valence-corrected chi connectivity index (χ3v) is 4.99. The fraction of sp³-hybridized carbons (Fsp3) is 0.615. The lowest BCUT2D eigenvalue weighted by Gasteiger charge is -2.29. The number of anilines is 1. The standard InChI is InChI=1S/C13H18ClN5O3/c1-3-13(4-14)6(2)8(20)11(22-13)19-5-16-7-9(19)17-12(15)18-10(7)21/h5-6,8,11,20H,3-4H2,1-2H3,(H3,15,17,18,21)/t6-,8+,11+,13-/m0/s1. The molecular formula is C13H18ClN5O3. The van der Waals surface area contributed by atoms with E-state index in [9.17, 15) is 9.90 Å². The lowest BCUT2D eigenvalue weighted by Crippen LogP contribution is -2.37. The molecule has 4 N–H and O–H groups in total. The van der Waals surface area contributed by atoms with Crippen molar-refractivity contribution in [3.8, 4) is 0 Å². The summed E-state index contributed by atoms with van der Waals surface area (Å²) in [5, 5.41) is 10.5. The van der Waals surface area contributed by atoms with Crippen molar-refractivity contribution in [3.05, 3.63) is 16.7 Å². The smallest absolute Gasteiger partial charge is 0.280 e. The number of ether oxygens (including phenoxy) is 1. The highest BCUT2D eigenvalue weighted by molar-refractivity contribution is 6.18. The Hall–Kier alpha value is -1.64. The number of fused-ring (bicyclic) bond motifs is 1. The average Bonchev–Trinajstić information content (AvgIpc) is 3.01. The molecule has 1 saturated heterocycles. The molecular weight excluding hydrogens is 310 g/mol. The van der Waals surface area contributed by atoms with E-state index < -0.39 is 23.5 Å². The van der Waals surface area contributed by atoms with Crippen molar-refractivity contribution in [3.63, 3.8) is 0 Å². The monoisotopic (exact) mass is 327 g/mol. The summed E-state index contributed by atoms with van der Waals surface area (Å²) in [4.78, 5) is 22.4. The van der Waals surface area contributed by atoms with E-state index in [-0.39, 0.29) is 28.9 Å². The van der Waals surface area contributed by atoms with Crippen molar-refractivity contribution < 1.29 is 9.84 Å². The Labute approximate surface area is 131 Å². The fourth-order valence-electron chi connectivity index (χ4n) is 2.98. The number of hydrogen-bond donors (Lipinski definition) is 3. The first-order valence-corrected chi connectivity index (χ1v) is 7.61. The first-order chi connectivity index (χ1) is 10.4. The molecule has 0 aromatic carbocycles. The SMILES string of the molecule is CC[C@@]1(CCl)O[C@@H](n2cnc3c(=O)[nH]c(N)nc32)[C@H](O)[C@@H]1C. The number of rotatable bonds is 3. The number of aliphatic hydroxyl groups excluding tert-OH is 1. The topological polar surface area (TPSA) is 119 Å².